The smallest absolute Gasteiger partial charge is 0.106 e. The van der Waals surface area contributed by atoms with Gasteiger partial charge in [-0.05, 0) is 54.6 Å². The van der Waals surface area contributed by atoms with E-state index in [0.717, 1.165) is 17.9 Å². The monoisotopic (exact) mass is 286 g/mol. The number of nitrogens with zero attached hydrogens (tertiary/aromatic N) is 2. The largest absolute Gasteiger partial charge is 0.329 e. The Hall–Kier alpha value is -0.580. The quantitative estimate of drug-likeness (QED) is 0.737. The lowest BCUT2D eigenvalue weighted by Gasteiger charge is -2.00. The summed E-state index contributed by atoms with van der Waals surface area (Å²) in [5, 5.41) is 0. The lowest BCUT2D eigenvalue weighted by atomic mass is 10.3. The van der Waals surface area contributed by atoms with Crippen molar-refractivity contribution < 1.29 is 0 Å². The molecule has 0 atom stereocenters. The van der Waals surface area contributed by atoms with Crippen molar-refractivity contribution >= 4 is 33.6 Å². The van der Waals surface area contributed by atoms with Gasteiger partial charge in [-0.15, -0.1) is 0 Å². The average molecular weight is 286 g/mol. The predicted octanol–water partition coefficient (Wildman–Crippen LogP) is 2.97. The molecule has 0 saturated heterocycles. The molecule has 0 amide bonds. The van der Waals surface area contributed by atoms with E-state index < -0.39 is 0 Å². The first-order chi connectivity index (χ1) is 6.22. The summed E-state index contributed by atoms with van der Waals surface area (Å²) in [5.41, 5.74) is 2.34. The van der Waals surface area contributed by atoms with Gasteiger partial charge >= 0.3 is 0 Å². The second-order valence-corrected chi connectivity index (χ2v) is 4.28. The molecule has 2 rings (SSSR count). The number of hydrogen-bond donors (Lipinski definition) is 0. The van der Waals surface area contributed by atoms with Gasteiger partial charge in [-0.3, -0.25) is 0 Å². The van der Waals surface area contributed by atoms with E-state index in [0.29, 0.717) is 0 Å². The third-order valence-corrected chi connectivity index (χ3v) is 2.89. The van der Waals surface area contributed by atoms with Gasteiger partial charge in [0.2, 0.25) is 0 Å². The minimum atomic E-state index is 0.989. The van der Waals surface area contributed by atoms with Crippen molar-refractivity contribution in [2.24, 2.45) is 0 Å². The maximum atomic E-state index is 4.50. The summed E-state index contributed by atoms with van der Waals surface area (Å²) < 4.78 is 3.47. The van der Waals surface area contributed by atoms with Crippen molar-refractivity contribution in [1.29, 1.82) is 0 Å². The summed E-state index contributed by atoms with van der Waals surface area (Å²) in [4.78, 5) is 4.50. The van der Waals surface area contributed by atoms with Gasteiger partial charge in [0.15, 0.2) is 0 Å². The molecule has 0 aliphatic rings. The lowest BCUT2D eigenvalue weighted by Crippen LogP contribution is -1.95. The Labute approximate surface area is 91.1 Å². The summed E-state index contributed by atoms with van der Waals surface area (Å²) >= 11 is 2.31. The molecular formula is C10H11IN2. The van der Waals surface area contributed by atoms with E-state index in [4.69, 9.17) is 0 Å². The van der Waals surface area contributed by atoms with Gasteiger partial charge in [0.05, 0.1) is 11.0 Å². The van der Waals surface area contributed by atoms with Crippen LogP contribution in [0.15, 0.2) is 18.2 Å². The predicted molar refractivity (Wildman–Crippen MR) is 62.9 cm³/mol. The van der Waals surface area contributed by atoms with Gasteiger partial charge in [0.25, 0.3) is 0 Å². The average Bonchev–Trinajstić information content (AvgIpc) is 2.39. The number of aromatic nitrogens is 2. The van der Waals surface area contributed by atoms with Gasteiger partial charge in [-0.25, -0.2) is 4.98 Å². The molecule has 0 bridgehead atoms. The van der Waals surface area contributed by atoms with E-state index in [1.54, 1.807) is 0 Å². The number of aryl methyl sites for hydroxylation is 2. The Bertz CT molecular complexity index is 445. The summed E-state index contributed by atoms with van der Waals surface area (Å²) in [6.45, 7) is 5.19. The van der Waals surface area contributed by atoms with E-state index in [2.05, 4.69) is 64.2 Å². The van der Waals surface area contributed by atoms with E-state index >= 15 is 0 Å². The van der Waals surface area contributed by atoms with Gasteiger partial charge < -0.3 is 4.57 Å². The van der Waals surface area contributed by atoms with Crippen LogP contribution in [-0.2, 0) is 6.54 Å². The zero-order valence-corrected chi connectivity index (χ0v) is 9.87. The van der Waals surface area contributed by atoms with Crippen LogP contribution in [0.3, 0.4) is 0 Å². The van der Waals surface area contributed by atoms with E-state index in [1.165, 1.54) is 9.09 Å². The maximum Gasteiger partial charge on any atom is 0.106 e. The number of hydrogen-bond acceptors (Lipinski definition) is 1. The molecule has 1 aromatic heterocycles. The molecule has 0 aliphatic heterocycles. The molecule has 68 valence electrons. The third-order valence-electron chi connectivity index (χ3n) is 2.22. The lowest BCUT2D eigenvalue weighted by molar-refractivity contribution is 0.753. The Kier molecular flexibility index (Phi) is 2.27. The molecule has 1 aromatic carbocycles. The van der Waals surface area contributed by atoms with Crippen LogP contribution in [0.4, 0.5) is 0 Å². The van der Waals surface area contributed by atoms with Crippen LogP contribution in [0.1, 0.15) is 12.7 Å². The summed E-state index contributed by atoms with van der Waals surface area (Å²) in [6, 6.07) is 6.38. The molecule has 0 saturated carbocycles. The molecule has 0 spiro atoms. The van der Waals surface area contributed by atoms with Crippen LogP contribution in [-0.4, -0.2) is 9.55 Å². The molecule has 13 heavy (non-hydrogen) atoms. The molecule has 0 unspecified atom stereocenters. The fourth-order valence-electron chi connectivity index (χ4n) is 1.62. The molecular weight excluding hydrogens is 275 g/mol. The van der Waals surface area contributed by atoms with E-state index in [1.807, 2.05) is 0 Å². The Morgan fingerprint density at radius 1 is 1.46 bits per heavy atom. The number of rotatable bonds is 1. The highest BCUT2D eigenvalue weighted by Crippen LogP contribution is 2.18. The first-order valence-electron chi connectivity index (χ1n) is 4.34. The number of fused-ring (bicyclic) bond motifs is 1. The highest BCUT2D eigenvalue weighted by Gasteiger charge is 2.04. The highest BCUT2D eigenvalue weighted by molar-refractivity contribution is 14.1. The van der Waals surface area contributed by atoms with Gasteiger partial charge in [-0.1, -0.05) is 0 Å². The fourth-order valence-corrected chi connectivity index (χ4v) is 2.10. The maximum absolute atomic E-state index is 4.50. The van der Waals surface area contributed by atoms with Crippen molar-refractivity contribution in [2.45, 2.75) is 20.4 Å². The summed E-state index contributed by atoms with van der Waals surface area (Å²) in [6.07, 6.45) is 0. The van der Waals surface area contributed by atoms with Gasteiger partial charge in [0, 0.05) is 10.1 Å². The number of benzene rings is 1. The molecule has 2 nitrogen and oxygen atoms in total. The molecule has 1 heterocycles. The van der Waals surface area contributed by atoms with Gasteiger partial charge in [0.1, 0.15) is 5.82 Å². The molecule has 2 aromatic rings. The SMILES string of the molecule is CCn1c(C)nc2cc(I)ccc21. The van der Waals surface area contributed by atoms with E-state index in [-0.39, 0.29) is 0 Å². The first kappa shape index (κ1) is 8.99. The summed E-state index contributed by atoms with van der Waals surface area (Å²) in [5.74, 6) is 1.10. The van der Waals surface area contributed by atoms with Crippen LogP contribution in [0.2, 0.25) is 0 Å². The minimum absolute atomic E-state index is 0.989. The standard InChI is InChI=1S/C10H11IN2/c1-3-13-7(2)12-9-6-8(11)4-5-10(9)13/h4-6H,3H2,1-2H3. The third kappa shape index (κ3) is 1.45. The molecule has 0 aliphatic carbocycles. The normalized spacial score (nSPS) is 11.0. The Balaban J connectivity index is 2.79. The van der Waals surface area contributed by atoms with Crippen molar-refractivity contribution in [2.75, 3.05) is 0 Å². The zero-order chi connectivity index (χ0) is 9.42. The molecule has 3 heteroatoms. The minimum Gasteiger partial charge on any atom is -0.329 e. The first-order valence-corrected chi connectivity index (χ1v) is 5.42. The second kappa shape index (κ2) is 3.29. The highest BCUT2D eigenvalue weighted by atomic mass is 127. The van der Waals surface area contributed by atoms with Crippen molar-refractivity contribution in [3.8, 4) is 0 Å². The van der Waals surface area contributed by atoms with Crippen LogP contribution in [0.25, 0.3) is 11.0 Å². The zero-order valence-electron chi connectivity index (χ0n) is 7.71. The van der Waals surface area contributed by atoms with Crippen molar-refractivity contribution in [1.82, 2.24) is 9.55 Å². The van der Waals surface area contributed by atoms with Gasteiger partial charge in [-0.2, -0.15) is 0 Å². The van der Waals surface area contributed by atoms with Crippen molar-refractivity contribution in [3.63, 3.8) is 0 Å². The number of halogens is 1. The van der Waals surface area contributed by atoms with E-state index in [9.17, 15) is 0 Å². The van der Waals surface area contributed by atoms with Crippen LogP contribution in [0, 0.1) is 10.5 Å². The molecule has 0 N–H and O–H groups in total. The summed E-state index contributed by atoms with van der Waals surface area (Å²) in [7, 11) is 0. The van der Waals surface area contributed by atoms with Crippen molar-refractivity contribution in [3.05, 3.63) is 27.6 Å². The van der Waals surface area contributed by atoms with Crippen LogP contribution in [0.5, 0.6) is 0 Å². The molecule has 0 radical (unpaired) electrons. The topological polar surface area (TPSA) is 17.8 Å². The Morgan fingerprint density at radius 2 is 2.23 bits per heavy atom. The second-order valence-electron chi connectivity index (χ2n) is 3.04. The fraction of sp³-hybridized carbons (Fsp3) is 0.300. The van der Waals surface area contributed by atoms with Crippen LogP contribution >= 0.6 is 22.6 Å². The van der Waals surface area contributed by atoms with Crippen LogP contribution < -0.4 is 0 Å². The Morgan fingerprint density at radius 3 is 2.92 bits per heavy atom. The number of imidazole rings is 1. The molecule has 0 fully saturated rings.